The zero-order valence-electron chi connectivity index (χ0n) is 11.7. The zero-order chi connectivity index (χ0) is 15.7. The van der Waals surface area contributed by atoms with Crippen LogP contribution in [0.4, 0.5) is 4.79 Å². The molecule has 0 radical (unpaired) electrons. The van der Waals surface area contributed by atoms with Gasteiger partial charge in [0.05, 0.1) is 4.90 Å². The number of benzene rings is 1. The summed E-state index contributed by atoms with van der Waals surface area (Å²) >= 11 is 0. The molecule has 1 N–H and O–H groups in total. The number of rotatable bonds is 2. The van der Waals surface area contributed by atoms with E-state index in [0.717, 1.165) is 10.9 Å². The van der Waals surface area contributed by atoms with Crippen LogP contribution in [-0.2, 0) is 10.0 Å². The van der Waals surface area contributed by atoms with E-state index in [1.54, 1.807) is 36.5 Å². The first-order chi connectivity index (χ1) is 10.5. The quantitative estimate of drug-likeness (QED) is 0.786. The van der Waals surface area contributed by atoms with Crippen molar-refractivity contribution in [2.75, 3.05) is 0 Å². The first kappa shape index (κ1) is 14.3. The summed E-state index contributed by atoms with van der Waals surface area (Å²) in [5, 5.41) is 0.755. The Hall–Kier alpha value is -2.67. The van der Waals surface area contributed by atoms with Crippen molar-refractivity contribution in [1.82, 2.24) is 14.3 Å². The van der Waals surface area contributed by atoms with E-state index in [0.29, 0.717) is 5.65 Å². The van der Waals surface area contributed by atoms with Crippen LogP contribution in [0.2, 0.25) is 0 Å². The first-order valence-electron chi connectivity index (χ1n) is 6.53. The number of pyridine rings is 1. The third kappa shape index (κ3) is 2.58. The molecule has 3 rings (SSSR count). The standard InChI is InChI=1S/C15H13N3O3S/c1-11-4-6-13(7-5-11)22(20,21)17-15(19)18-10-8-12-3-2-9-16-14(12)18/h2-10H,1H3,(H,17,19). The second kappa shape index (κ2) is 5.27. The molecule has 0 atom stereocenters. The number of hydrogen-bond donors (Lipinski definition) is 1. The van der Waals surface area contributed by atoms with Crippen LogP contribution in [0.1, 0.15) is 5.56 Å². The maximum atomic E-state index is 12.2. The monoisotopic (exact) mass is 315 g/mol. The SMILES string of the molecule is Cc1ccc(S(=O)(=O)NC(=O)n2ccc3cccnc32)cc1. The maximum Gasteiger partial charge on any atom is 0.341 e. The van der Waals surface area contributed by atoms with Crippen molar-refractivity contribution in [1.29, 1.82) is 0 Å². The topological polar surface area (TPSA) is 81.1 Å². The zero-order valence-corrected chi connectivity index (χ0v) is 12.5. The Kier molecular flexibility index (Phi) is 3.42. The highest BCUT2D eigenvalue weighted by Crippen LogP contribution is 2.14. The minimum absolute atomic E-state index is 0.0378. The molecule has 1 amide bonds. The molecule has 0 fully saturated rings. The Labute approximate surface area is 127 Å². The Balaban J connectivity index is 1.92. The number of aromatic nitrogens is 2. The molecule has 1 aromatic carbocycles. The van der Waals surface area contributed by atoms with Crippen LogP contribution in [-0.4, -0.2) is 24.0 Å². The maximum absolute atomic E-state index is 12.2. The molecule has 22 heavy (non-hydrogen) atoms. The van der Waals surface area contributed by atoms with E-state index in [9.17, 15) is 13.2 Å². The van der Waals surface area contributed by atoms with Crippen molar-refractivity contribution in [3.63, 3.8) is 0 Å². The van der Waals surface area contributed by atoms with Crippen molar-refractivity contribution < 1.29 is 13.2 Å². The van der Waals surface area contributed by atoms with Gasteiger partial charge in [0.15, 0.2) is 0 Å². The number of nitrogens with zero attached hydrogens (tertiary/aromatic N) is 2. The van der Waals surface area contributed by atoms with Crippen LogP contribution in [0.15, 0.2) is 59.8 Å². The van der Waals surface area contributed by atoms with E-state index in [1.807, 2.05) is 11.6 Å². The molecule has 0 aliphatic heterocycles. The van der Waals surface area contributed by atoms with Gasteiger partial charge >= 0.3 is 6.03 Å². The third-order valence-corrected chi connectivity index (χ3v) is 4.56. The summed E-state index contributed by atoms with van der Waals surface area (Å²) < 4.78 is 27.6. The minimum atomic E-state index is -3.92. The van der Waals surface area contributed by atoms with Crippen molar-refractivity contribution >= 4 is 27.1 Å². The number of fused-ring (bicyclic) bond motifs is 1. The van der Waals surface area contributed by atoms with Gasteiger partial charge in [0.25, 0.3) is 10.0 Å². The van der Waals surface area contributed by atoms with E-state index in [-0.39, 0.29) is 4.90 Å². The van der Waals surface area contributed by atoms with Crippen molar-refractivity contribution in [2.24, 2.45) is 0 Å². The largest absolute Gasteiger partial charge is 0.341 e. The molecule has 2 heterocycles. The van der Waals surface area contributed by atoms with Gasteiger partial charge in [-0.15, -0.1) is 0 Å². The summed E-state index contributed by atoms with van der Waals surface area (Å²) in [6.45, 7) is 1.85. The van der Waals surface area contributed by atoms with Crippen molar-refractivity contribution in [3.8, 4) is 0 Å². The van der Waals surface area contributed by atoms with Crippen LogP contribution in [0, 0.1) is 6.92 Å². The van der Waals surface area contributed by atoms with Crippen molar-refractivity contribution in [2.45, 2.75) is 11.8 Å². The number of amides is 1. The van der Waals surface area contributed by atoms with E-state index in [2.05, 4.69) is 4.98 Å². The molecule has 0 saturated carbocycles. The highest BCUT2D eigenvalue weighted by Gasteiger charge is 2.19. The normalized spacial score (nSPS) is 11.5. The van der Waals surface area contributed by atoms with Crippen LogP contribution >= 0.6 is 0 Å². The number of hydrogen-bond acceptors (Lipinski definition) is 4. The van der Waals surface area contributed by atoms with E-state index >= 15 is 0 Å². The lowest BCUT2D eigenvalue weighted by molar-refractivity contribution is 0.248. The summed E-state index contributed by atoms with van der Waals surface area (Å²) in [7, 11) is -3.92. The number of nitrogens with one attached hydrogen (secondary N) is 1. The Morgan fingerprint density at radius 3 is 2.59 bits per heavy atom. The van der Waals surface area contributed by atoms with Gasteiger partial charge in [-0.25, -0.2) is 22.9 Å². The predicted octanol–water partition coefficient (Wildman–Crippen LogP) is 2.29. The van der Waals surface area contributed by atoms with Gasteiger partial charge in [-0.1, -0.05) is 17.7 Å². The minimum Gasteiger partial charge on any atom is -0.252 e. The van der Waals surface area contributed by atoms with Gasteiger partial charge in [-0.2, -0.15) is 0 Å². The molecule has 0 unspecified atom stereocenters. The summed E-state index contributed by atoms with van der Waals surface area (Å²) in [4.78, 5) is 16.3. The predicted molar refractivity (Wildman–Crippen MR) is 82.0 cm³/mol. The lowest BCUT2D eigenvalue weighted by atomic mass is 10.2. The number of carbonyl (C=O) groups is 1. The second-order valence-electron chi connectivity index (χ2n) is 4.83. The van der Waals surface area contributed by atoms with E-state index in [1.165, 1.54) is 22.9 Å². The summed E-state index contributed by atoms with van der Waals surface area (Å²) in [6, 6.07) is 10.7. The van der Waals surface area contributed by atoms with Gasteiger partial charge in [-0.05, 0) is 37.3 Å². The molecule has 0 saturated heterocycles. The fourth-order valence-corrected chi connectivity index (χ4v) is 3.01. The first-order valence-corrected chi connectivity index (χ1v) is 8.01. The highest BCUT2D eigenvalue weighted by atomic mass is 32.2. The summed E-state index contributed by atoms with van der Waals surface area (Å²) in [5.74, 6) is 0. The molecule has 6 nitrogen and oxygen atoms in total. The molecule has 3 aromatic rings. The fraction of sp³-hybridized carbons (Fsp3) is 0.0667. The van der Waals surface area contributed by atoms with Crippen LogP contribution < -0.4 is 4.72 Å². The van der Waals surface area contributed by atoms with E-state index < -0.39 is 16.1 Å². The lowest BCUT2D eigenvalue weighted by Crippen LogP contribution is -2.33. The second-order valence-corrected chi connectivity index (χ2v) is 6.51. The van der Waals surface area contributed by atoms with Crippen LogP contribution in [0.25, 0.3) is 11.0 Å². The Morgan fingerprint density at radius 2 is 1.86 bits per heavy atom. The average molecular weight is 315 g/mol. The third-order valence-electron chi connectivity index (χ3n) is 3.22. The van der Waals surface area contributed by atoms with Crippen LogP contribution in [0.5, 0.6) is 0 Å². The number of aryl methyl sites for hydroxylation is 1. The fourth-order valence-electron chi connectivity index (χ4n) is 2.07. The molecule has 0 bridgehead atoms. The van der Waals surface area contributed by atoms with Gasteiger partial charge in [0.1, 0.15) is 5.65 Å². The molecule has 112 valence electrons. The molecule has 0 spiro atoms. The highest BCUT2D eigenvalue weighted by molar-refractivity contribution is 7.90. The van der Waals surface area contributed by atoms with Gasteiger partial charge in [-0.3, -0.25) is 4.57 Å². The number of carbonyl (C=O) groups excluding carboxylic acids is 1. The van der Waals surface area contributed by atoms with Gasteiger partial charge in [0, 0.05) is 17.8 Å². The molecular weight excluding hydrogens is 302 g/mol. The molecule has 7 heteroatoms. The Bertz CT molecular complexity index is 944. The molecular formula is C15H13N3O3S. The summed E-state index contributed by atoms with van der Waals surface area (Å²) in [5.41, 5.74) is 1.34. The molecule has 0 aliphatic carbocycles. The van der Waals surface area contributed by atoms with Gasteiger partial charge in [0.2, 0.25) is 0 Å². The Morgan fingerprint density at radius 1 is 1.14 bits per heavy atom. The van der Waals surface area contributed by atoms with Crippen LogP contribution in [0.3, 0.4) is 0 Å². The molecule has 2 aromatic heterocycles. The smallest absolute Gasteiger partial charge is 0.252 e. The summed E-state index contributed by atoms with van der Waals surface area (Å²) in [6.07, 6.45) is 3.03. The van der Waals surface area contributed by atoms with E-state index in [4.69, 9.17) is 0 Å². The van der Waals surface area contributed by atoms with Crippen molar-refractivity contribution in [3.05, 3.63) is 60.4 Å². The van der Waals surface area contributed by atoms with Gasteiger partial charge < -0.3 is 0 Å². The molecule has 0 aliphatic rings. The average Bonchev–Trinajstić information content (AvgIpc) is 2.91. The number of sulfonamides is 1. The lowest BCUT2D eigenvalue weighted by Gasteiger charge is -2.08.